The van der Waals surface area contributed by atoms with Gasteiger partial charge in [0.2, 0.25) is 5.95 Å². The molecule has 2 aromatic heterocycles. The summed E-state index contributed by atoms with van der Waals surface area (Å²) in [7, 11) is 0. The summed E-state index contributed by atoms with van der Waals surface area (Å²) in [4.78, 5) is 23.4. The molecule has 0 bridgehead atoms. The summed E-state index contributed by atoms with van der Waals surface area (Å²) in [6.45, 7) is 0. The molecule has 0 fully saturated rings. The highest BCUT2D eigenvalue weighted by molar-refractivity contribution is 5.80. The van der Waals surface area contributed by atoms with E-state index in [4.69, 9.17) is 0 Å². The molecular formula is C23H14F3N5O. The highest BCUT2D eigenvalue weighted by Gasteiger charge is 2.30. The van der Waals surface area contributed by atoms with E-state index in [2.05, 4.69) is 20.3 Å². The van der Waals surface area contributed by atoms with Gasteiger partial charge < -0.3 is 10.3 Å². The van der Waals surface area contributed by atoms with Gasteiger partial charge in [-0.2, -0.15) is 18.4 Å². The molecule has 0 radical (unpaired) electrons. The van der Waals surface area contributed by atoms with Crippen LogP contribution in [0.25, 0.3) is 22.5 Å². The number of benzene rings is 2. The number of aromatic amines is 1. The first kappa shape index (κ1) is 20.8. The normalized spacial score (nSPS) is 11.1. The lowest BCUT2D eigenvalue weighted by Gasteiger charge is -2.13. The van der Waals surface area contributed by atoms with E-state index in [0.29, 0.717) is 11.3 Å². The van der Waals surface area contributed by atoms with Gasteiger partial charge >= 0.3 is 6.18 Å². The third-order valence-corrected chi connectivity index (χ3v) is 4.60. The number of nitrogens with one attached hydrogen (secondary N) is 2. The monoisotopic (exact) mass is 433 g/mol. The van der Waals surface area contributed by atoms with Crippen LogP contribution in [0.15, 0.2) is 77.7 Å². The summed E-state index contributed by atoms with van der Waals surface area (Å²) in [5.41, 5.74) is -0.163. The summed E-state index contributed by atoms with van der Waals surface area (Å²) in [5.74, 6) is 0.244. The lowest BCUT2D eigenvalue weighted by atomic mass is 10.00. The molecule has 4 aromatic rings. The molecule has 4 rings (SSSR count). The number of alkyl halides is 3. The van der Waals surface area contributed by atoms with Crippen molar-refractivity contribution >= 4 is 11.6 Å². The third-order valence-electron chi connectivity index (χ3n) is 4.60. The lowest BCUT2D eigenvalue weighted by molar-refractivity contribution is -0.137. The van der Waals surface area contributed by atoms with Gasteiger partial charge in [0, 0.05) is 17.4 Å². The van der Waals surface area contributed by atoms with E-state index < -0.39 is 17.3 Å². The highest BCUT2D eigenvalue weighted by Crippen LogP contribution is 2.34. The molecule has 0 unspecified atom stereocenters. The number of hydrogen-bond acceptors (Lipinski definition) is 5. The number of aromatic nitrogens is 3. The Balaban J connectivity index is 1.86. The minimum absolute atomic E-state index is 0.115. The third kappa shape index (κ3) is 4.34. The molecular weight excluding hydrogens is 419 g/mol. The summed E-state index contributed by atoms with van der Waals surface area (Å²) in [6, 6.07) is 18.4. The SMILES string of the molecule is N#Cc1cc(-c2ccnc(Nc3ccccc3)n2)c(-c2cccc(C(F)(F)F)c2)[nH]c1=O. The van der Waals surface area contributed by atoms with Gasteiger partial charge in [0.15, 0.2) is 0 Å². The Bertz CT molecular complexity index is 1380. The van der Waals surface area contributed by atoms with E-state index in [-0.39, 0.29) is 22.8 Å². The number of rotatable bonds is 4. The van der Waals surface area contributed by atoms with Crippen LogP contribution in [0.4, 0.5) is 24.8 Å². The first-order valence-corrected chi connectivity index (χ1v) is 9.36. The number of hydrogen-bond donors (Lipinski definition) is 2. The van der Waals surface area contributed by atoms with Crippen LogP contribution in [0, 0.1) is 11.3 Å². The first-order valence-electron chi connectivity index (χ1n) is 9.36. The van der Waals surface area contributed by atoms with Crippen molar-refractivity contribution in [1.29, 1.82) is 5.26 Å². The van der Waals surface area contributed by atoms with Gasteiger partial charge in [0.05, 0.1) is 17.0 Å². The number of para-hydroxylation sites is 1. The second kappa shape index (κ2) is 8.35. The number of pyridine rings is 1. The Morgan fingerprint density at radius 1 is 1.00 bits per heavy atom. The van der Waals surface area contributed by atoms with E-state index in [1.165, 1.54) is 24.4 Å². The molecule has 2 N–H and O–H groups in total. The molecule has 0 atom stereocenters. The molecule has 0 aliphatic carbocycles. The van der Waals surface area contributed by atoms with Gasteiger partial charge in [0.1, 0.15) is 11.6 Å². The quantitative estimate of drug-likeness (QED) is 0.465. The fraction of sp³-hybridized carbons (Fsp3) is 0.0435. The maximum atomic E-state index is 13.2. The van der Waals surface area contributed by atoms with Gasteiger partial charge in [0.25, 0.3) is 5.56 Å². The Kier molecular flexibility index (Phi) is 5.43. The maximum Gasteiger partial charge on any atom is 0.416 e. The maximum absolute atomic E-state index is 13.2. The second-order valence-electron chi connectivity index (χ2n) is 6.75. The smallest absolute Gasteiger partial charge is 0.324 e. The van der Waals surface area contributed by atoms with Crippen LogP contribution in [0.1, 0.15) is 11.1 Å². The summed E-state index contributed by atoms with van der Waals surface area (Å²) in [5, 5.41) is 12.3. The van der Waals surface area contributed by atoms with Crippen molar-refractivity contribution < 1.29 is 13.2 Å². The molecule has 0 saturated carbocycles. The fourth-order valence-corrected chi connectivity index (χ4v) is 3.11. The van der Waals surface area contributed by atoms with E-state index >= 15 is 0 Å². The topological polar surface area (TPSA) is 94.5 Å². The van der Waals surface area contributed by atoms with Crippen LogP contribution in [0.2, 0.25) is 0 Å². The molecule has 2 aromatic carbocycles. The Morgan fingerprint density at radius 2 is 1.78 bits per heavy atom. The average molecular weight is 433 g/mol. The zero-order valence-electron chi connectivity index (χ0n) is 16.3. The van der Waals surface area contributed by atoms with Gasteiger partial charge in [-0.05, 0) is 42.0 Å². The van der Waals surface area contributed by atoms with E-state index in [0.717, 1.165) is 17.8 Å². The van der Waals surface area contributed by atoms with Gasteiger partial charge in [-0.15, -0.1) is 0 Å². The summed E-state index contributed by atoms with van der Waals surface area (Å²) >= 11 is 0. The molecule has 2 heterocycles. The second-order valence-corrected chi connectivity index (χ2v) is 6.75. The largest absolute Gasteiger partial charge is 0.416 e. The number of anilines is 2. The predicted octanol–water partition coefficient (Wildman–Crippen LogP) is 5.13. The molecule has 0 amide bonds. The van der Waals surface area contributed by atoms with E-state index in [1.807, 2.05) is 30.3 Å². The molecule has 9 heteroatoms. The van der Waals surface area contributed by atoms with Crippen LogP contribution in [0.3, 0.4) is 0 Å². The summed E-state index contributed by atoms with van der Waals surface area (Å²) < 4.78 is 39.7. The molecule has 0 saturated heterocycles. The number of nitrogens with zero attached hydrogens (tertiary/aromatic N) is 3. The zero-order valence-corrected chi connectivity index (χ0v) is 16.3. The molecule has 158 valence electrons. The predicted molar refractivity (Wildman–Crippen MR) is 113 cm³/mol. The number of H-pyrrole nitrogens is 1. The van der Waals surface area contributed by atoms with Crippen molar-refractivity contribution in [2.75, 3.05) is 5.32 Å². The number of nitriles is 1. The Labute approximate surface area is 180 Å². The van der Waals surface area contributed by atoms with Crippen LogP contribution in [-0.2, 0) is 6.18 Å². The molecule has 6 nitrogen and oxygen atoms in total. The zero-order chi connectivity index (χ0) is 22.7. The fourth-order valence-electron chi connectivity index (χ4n) is 3.11. The van der Waals surface area contributed by atoms with Crippen molar-refractivity contribution in [2.45, 2.75) is 6.18 Å². The minimum Gasteiger partial charge on any atom is -0.324 e. The first-order chi connectivity index (χ1) is 15.3. The van der Waals surface area contributed by atoms with Crippen molar-refractivity contribution in [2.24, 2.45) is 0 Å². The van der Waals surface area contributed by atoms with Crippen LogP contribution < -0.4 is 10.9 Å². The number of halogens is 3. The molecule has 0 aliphatic rings. The molecule has 0 aliphatic heterocycles. The van der Waals surface area contributed by atoms with Crippen molar-refractivity contribution in [3.05, 3.63) is 94.4 Å². The highest BCUT2D eigenvalue weighted by atomic mass is 19.4. The van der Waals surface area contributed by atoms with Crippen molar-refractivity contribution in [1.82, 2.24) is 15.0 Å². The van der Waals surface area contributed by atoms with Gasteiger partial charge in [-0.25, -0.2) is 9.97 Å². The van der Waals surface area contributed by atoms with Gasteiger partial charge in [-0.3, -0.25) is 4.79 Å². The van der Waals surface area contributed by atoms with Gasteiger partial charge in [-0.1, -0.05) is 30.3 Å². The summed E-state index contributed by atoms with van der Waals surface area (Å²) in [6.07, 6.45) is -3.08. The lowest BCUT2D eigenvalue weighted by Crippen LogP contribution is -2.13. The molecule has 0 spiro atoms. The Hall–Kier alpha value is -4.45. The van der Waals surface area contributed by atoms with Crippen LogP contribution in [0.5, 0.6) is 0 Å². The van der Waals surface area contributed by atoms with Crippen LogP contribution >= 0.6 is 0 Å². The van der Waals surface area contributed by atoms with Crippen molar-refractivity contribution in [3.8, 4) is 28.6 Å². The van der Waals surface area contributed by atoms with E-state index in [1.54, 1.807) is 12.1 Å². The average Bonchev–Trinajstić information content (AvgIpc) is 2.79. The standard InChI is InChI=1S/C23H14F3N5O/c24-23(25,26)16-6-4-5-14(11-16)20-18(12-15(13-27)21(32)31-20)19-9-10-28-22(30-19)29-17-7-2-1-3-8-17/h1-12H,(H,31,32)(H,28,29,30). The minimum atomic E-state index is -4.55. The Morgan fingerprint density at radius 3 is 2.50 bits per heavy atom. The van der Waals surface area contributed by atoms with Crippen molar-refractivity contribution in [3.63, 3.8) is 0 Å². The van der Waals surface area contributed by atoms with Crippen LogP contribution in [-0.4, -0.2) is 15.0 Å². The van der Waals surface area contributed by atoms with E-state index in [9.17, 15) is 23.2 Å². The molecule has 32 heavy (non-hydrogen) atoms.